The maximum atomic E-state index is 4.48. The summed E-state index contributed by atoms with van der Waals surface area (Å²) in [5, 5.41) is 0. The van der Waals surface area contributed by atoms with Gasteiger partial charge in [-0.3, -0.25) is 0 Å². The Morgan fingerprint density at radius 2 is 2.22 bits per heavy atom. The van der Waals surface area contributed by atoms with E-state index in [-0.39, 0.29) is 0 Å². The van der Waals surface area contributed by atoms with Gasteiger partial charge < -0.3 is 4.90 Å². The first-order valence-corrected chi connectivity index (χ1v) is 8.32. The van der Waals surface area contributed by atoms with Crippen LogP contribution in [0.3, 0.4) is 0 Å². The zero-order valence-corrected chi connectivity index (χ0v) is 11.8. The molecule has 1 saturated heterocycles. The van der Waals surface area contributed by atoms with Gasteiger partial charge in [-0.15, -0.1) is 0 Å². The number of aromatic nitrogens is 2. The number of thioether (sulfide) groups is 1. The summed E-state index contributed by atoms with van der Waals surface area (Å²) in [6.45, 7) is 2.33. The van der Waals surface area contributed by atoms with Crippen LogP contribution >= 0.6 is 11.8 Å². The highest BCUT2D eigenvalue weighted by molar-refractivity contribution is 7.98. The lowest BCUT2D eigenvalue weighted by molar-refractivity contribution is 0.450. The van der Waals surface area contributed by atoms with E-state index >= 15 is 0 Å². The average Bonchev–Trinajstić information content (AvgIpc) is 3.24. The molecular weight excluding hydrogens is 242 g/mol. The second-order valence-electron chi connectivity index (χ2n) is 5.48. The van der Waals surface area contributed by atoms with E-state index < -0.39 is 0 Å². The van der Waals surface area contributed by atoms with Crippen LogP contribution in [0.5, 0.6) is 0 Å². The van der Waals surface area contributed by atoms with E-state index in [9.17, 15) is 0 Å². The van der Waals surface area contributed by atoms with Crippen LogP contribution in [-0.2, 0) is 0 Å². The van der Waals surface area contributed by atoms with Crippen molar-refractivity contribution in [1.82, 2.24) is 9.97 Å². The van der Waals surface area contributed by atoms with Gasteiger partial charge in [-0.25, -0.2) is 9.97 Å². The summed E-state index contributed by atoms with van der Waals surface area (Å²) in [6, 6.07) is 2.22. The zero-order valence-electron chi connectivity index (χ0n) is 11.0. The van der Waals surface area contributed by atoms with Crippen LogP contribution in [0.15, 0.2) is 12.4 Å². The monoisotopic (exact) mass is 263 g/mol. The minimum absolute atomic E-state index is 0.721. The minimum Gasteiger partial charge on any atom is -0.356 e. The number of rotatable bonds is 4. The Labute approximate surface area is 113 Å². The van der Waals surface area contributed by atoms with Gasteiger partial charge in [0.15, 0.2) is 0 Å². The molecule has 1 saturated carbocycles. The normalized spacial score (nSPS) is 24.3. The Morgan fingerprint density at radius 1 is 1.33 bits per heavy atom. The Kier molecular flexibility index (Phi) is 3.73. The molecular formula is C14H21N3S. The molecule has 18 heavy (non-hydrogen) atoms. The second kappa shape index (κ2) is 5.47. The van der Waals surface area contributed by atoms with E-state index in [1.807, 2.05) is 11.8 Å². The van der Waals surface area contributed by atoms with Gasteiger partial charge in [0.1, 0.15) is 12.1 Å². The SMILES string of the molecule is CSCC1CCCN(c2cc(C3CC3)ncn2)C1. The summed E-state index contributed by atoms with van der Waals surface area (Å²) in [5.74, 6) is 3.97. The van der Waals surface area contributed by atoms with Crippen molar-refractivity contribution >= 4 is 17.6 Å². The van der Waals surface area contributed by atoms with Crippen LogP contribution in [0.25, 0.3) is 0 Å². The summed E-state index contributed by atoms with van der Waals surface area (Å²) in [7, 11) is 0. The Bertz CT molecular complexity index is 404. The van der Waals surface area contributed by atoms with Crippen LogP contribution in [0, 0.1) is 5.92 Å². The van der Waals surface area contributed by atoms with Crippen LogP contribution < -0.4 is 4.90 Å². The predicted molar refractivity (Wildman–Crippen MR) is 77.3 cm³/mol. The number of hydrogen-bond donors (Lipinski definition) is 0. The van der Waals surface area contributed by atoms with E-state index in [1.165, 1.54) is 43.7 Å². The quantitative estimate of drug-likeness (QED) is 0.835. The molecule has 4 heteroatoms. The van der Waals surface area contributed by atoms with Crippen molar-refractivity contribution in [2.45, 2.75) is 31.6 Å². The molecule has 0 spiro atoms. The molecule has 3 rings (SSSR count). The summed E-state index contributed by atoms with van der Waals surface area (Å²) in [5.41, 5.74) is 1.26. The van der Waals surface area contributed by atoms with Gasteiger partial charge in [-0.2, -0.15) is 11.8 Å². The molecule has 2 aliphatic rings. The second-order valence-corrected chi connectivity index (χ2v) is 6.40. The molecule has 0 amide bonds. The van der Waals surface area contributed by atoms with Gasteiger partial charge >= 0.3 is 0 Å². The molecule has 3 nitrogen and oxygen atoms in total. The highest BCUT2D eigenvalue weighted by Crippen LogP contribution is 2.39. The number of hydrogen-bond acceptors (Lipinski definition) is 4. The average molecular weight is 263 g/mol. The minimum atomic E-state index is 0.721. The summed E-state index contributed by atoms with van der Waals surface area (Å²) in [6.07, 6.45) is 9.25. The molecule has 1 unspecified atom stereocenters. The first kappa shape index (κ1) is 12.3. The topological polar surface area (TPSA) is 29.0 Å². The van der Waals surface area contributed by atoms with Gasteiger partial charge in [0.05, 0.1) is 0 Å². The van der Waals surface area contributed by atoms with Crippen molar-refractivity contribution in [3.63, 3.8) is 0 Å². The maximum Gasteiger partial charge on any atom is 0.132 e. The largest absolute Gasteiger partial charge is 0.356 e. The molecule has 98 valence electrons. The number of anilines is 1. The van der Waals surface area contributed by atoms with Crippen molar-refractivity contribution in [2.24, 2.45) is 5.92 Å². The standard InChI is InChI=1S/C14H21N3S/c1-18-9-11-3-2-6-17(8-11)14-7-13(12-4-5-12)15-10-16-14/h7,10-12H,2-6,8-9H2,1H3. The first-order chi connectivity index (χ1) is 8.86. The third-order valence-electron chi connectivity index (χ3n) is 3.91. The lowest BCUT2D eigenvalue weighted by Gasteiger charge is -2.33. The van der Waals surface area contributed by atoms with E-state index in [2.05, 4.69) is 27.2 Å². The molecule has 0 bridgehead atoms. The van der Waals surface area contributed by atoms with Crippen molar-refractivity contribution in [1.29, 1.82) is 0 Å². The lowest BCUT2D eigenvalue weighted by Crippen LogP contribution is -2.36. The van der Waals surface area contributed by atoms with Crippen LogP contribution in [0.1, 0.15) is 37.3 Å². The molecule has 2 heterocycles. The van der Waals surface area contributed by atoms with Crippen LogP contribution in [-0.4, -0.2) is 35.1 Å². The predicted octanol–water partition coefficient (Wildman–Crippen LogP) is 2.93. The van der Waals surface area contributed by atoms with Crippen molar-refractivity contribution in [2.75, 3.05) is 30.0 Å². The smallest absolute Gasteiger partial charge is 0.132 e. The third-order valence-corrected chi connectivity index (χ3v) is 4.72. The molecule has 0 N–H and O–H groups in total. The van der Waals surface area contributed by atoms with Crippen molar-refractivity contribution < 1.29 is 0 Å². The van der Waals surface area contributed by atoms with Crippen molar-refractivity contribution in [3.8, 4) is 0 Å². The van der Waals surface area contributed by atoms with Crippen molar-refractivity contribution in [3.05, 3.63) is 18.1 Å². The van der Waals surface area contributed by atoms with Crippen LogP contribution in [0.4, 0.5) is 5.82 Å². The molecule has 1 aromatic heterocycles. The van der Waals surface area contributed by atoms with E-state index in [4.69, 9.17) is 0 Å². The first-order valence-electron chi connectivity index (χ1n) is 6.92. The maximum absolute atomic E-state index is 4.48. The molecule has 1 aromatic rings. The Hall–Kier alpha value is -0.770. The molecule has 1 atom stereocenters. The Morgan fingerprint density at radius 3 is 3.00 bits per heavy atom. The lowest BCUT2D eigenvalue weighted by atomic mass is 10.00. The number of nitrogens with zero attached hydrogens (tertiary/aromatic N) is 3. The molecule has 2 fully saturated rings. The van der Waals surface area contributed by atoms with Gasteiger partial charge in [0.25, 0.3) is 0 Å². The summed E-state index contributed by atoms with van der Waals surface area (Å²) in [4.78, 5) is 11.3. The fourth-order valence-electron chi connectivity index (χ4n) is 2.78. The van der Waals surface area contributed by atoms with E-state index in [0.717, 1.165) is 24.2 Å². The van der Waals surface area contributed by atoms with E-state index in [0.29, 0.717) is 0 Å². The number of piperidine rings is 1. The van der Waals surface area contributed by atoms with Gasteiger partial charge in [-0.05, 0) is 43.6 Å². The molecule has 0 radical (unpaired) electrons. The highest BCUT2D eigenvalue weighted by atomic mass is 32.2. The summed E-state index contributed by atoms with van der Waals surface area (Å²) < 4.78 is 0. The molecule has 1 aliphatic carbocycles. The molecule has 0 aromatic carbocycles. The Balaban J connectivity index is 1.70. The fraction of sp³-hybridized carbons (Fsp3) is 0.714. The summed E-state index contributed by atoms with van der Waals surface area (Å²) >= 11 is 1.96. The van der Waals surface area contributed by atoms with Gasteiger partial charge in [-0.1, -0.05) is 0 Å². The van der Waals surface area contributed by atoms with Gasteiger partial charge in [0, 0.05) is 30.8 Å². The highest BCUT2D eigenvalue weighted by Gasteiger charge is 2.26. The van der Waals surface area contributed by atoms with Gasteiger partial charge in [0.2, 0.25) is 0 Å². The van der Waals surface area contributed by atoms with E-state index in [1.54, 1.807) is 6.33 Å². The molecule has 1 aliphatic heterocycles. The third kappa shape index (κ3) is 2.79. The van der Waals surface area contributed by atoms with Crippen LogP contribution in [0.2, 0.25) is 0 Å². The fourth-order valence-corrected chi connectivity index (χ4v) is 3.53. The zero-order chi connectivity index (χ0) is 12.4.